The lowest BCUT2D eigenvalue weighted by Crippen LogP contribution is -2.22. The zero-order valence-electron chi connectivity index (χ0n) is 10.0. The molecule has 0 aliphatic carbocycles. The van der Waals surface area contributed by atoms with Gasteiger partial charge >= 0.3 is 0 Å². The Morgan fingerprint density at radius 3 is 2.39 bits per heavy atom. The van der Waals surface area contributed by atoms with Crippen molar-refractivity contribution in [3.63, 3.8) is 0 Å². The van der Waals surface area contributed by atoms with Crippen LogP contribution in [0.5, 0.6) is 0 Å². The van der Waals surface area contributed by atoms with Gasteiger partial charge in [-0.15, -0.1) is 0 Å². The molecule has 0 aliphatic heterocycles. The molecule has 0 heterocycles. The van der Waals surface area contributed by atoms with Crippen LogP contribution in [0.15, 0.2) is 35.2 Å². The van der Waals surface area contributed by atoms with E-state index in [4.69, 9.17) is 17.3 Å². The molecule has 6 heteroatoms. The molecule has 0 radical (unpaired) electrons. The Balaban J connectivity index is 2.87. The van der Waals surface area contributed by atoms with Crippen molar-refractivity contribution in [2.24, 2.45) is 0 Å². The second-order valence-corrected chi connectivity index (χ2v) is 6.63. The Morgan fingerprint density at radius 2 is 1.78 bits per heavy atom. The van der Waals surface area contributed by atoms with Gasteiger partial charge < -0.3 is 5.73 Å². The number of nitrogens with zero attached hydrogens (tertiary/aromatic N) is 1. The molecule has 0 aliphatic rings. The van der Waals surface area contributed by atoms with E-state index in [0.717, 1.165) is 0 Å². The number of nitrogen functional groups attached to an aromatic ring is 1. The fourth-order valence-corrected chi connectivity index (χ4v) is 3.01. The van der Waals surface area contributed by atoms with Gasteiger partial charge in [-0.1, -0.05) is 29.8 Å². The van der Waals surface area contributed by atoms with Crippen LogP contribution in [-0.2, 0) is 10.0 Å². The molecule has 2 N–H and O–H groups in total. The van der Waals surface area contributed by atoms with E-state index in [2.05, 4.69) is 0 Å². The number of anilines is 1. The molecule has 0 saturated carbocycles. The normalized spacial score (nSPS) is 12.2. The number of fused-ring (bicyclic) bond motifs is 1. The fourth-order valence-electron chi connectivity index (χ4n) is 1.75. The van der Waals surface area contributed by atoms with Gasteiger partial charge in [0.25, 0.3) is 0 Å². The second-order valence-electron chi connectivity index (χ2n) is 4.10. The van der Waals surface area contributed by atoms with Gasteiger partial charge in [0.2, 0.25) is 10.0 Å². The smallest absolute Gasteiger partial charge is 0.243 e. The Morgan fingerprint density at radius 1 is 1.11 bits per heavy atom. The summed E-state index contributed by atoms with van der Waals surface area (Å²) >= 11 is 5.93. The Labute approximate surface area is 111 Å². The van der Waals surface area contributed by atoms with Gasteiger partial charge in [0.1, 0.15) is 0 Å². The highest BCUT2D eigenvalue weighted by atomic mass is 35.5. The lowest BCUT2D eigenvalue weighted by Gasteiger charge is -2.14. The first-order valence-corrected chi connectivity index (χ1v) is 7.06. The van der Waals surface area contributed by atoms with Crippen molar-refractivity contribution in [3.8, 4) is 0 Å². The highest BCUT2D eigenvalue weighted by molar-refractivity contribution is 7.89. The highest BCUT2D eigenvalue weighted by Gasteiger charge is 2.20. The van der Waals surface area contributed by atoms with Crippen molar-refractivity contribution in [1.29, 1.82) is 0 Å². The number of hydrogen-bond donors (Lipinski definition) is 1. The monoisotopic (exact) mass is 284 g/mol. The molecule has 0 unspecified atom stereocenters. The molecule has 2 aromatic rings. The minimum Gasteiger partial charge on any atom is -0.397 e. The van der Waals surface area contributed by atoms with Gasteiger partial charge in [-0.05, 0) is 12.1 Å². The minimum absolute atomic E-state index is 0.230. The summed E-state index contributed by atoms with van der Waals surface area (Å²) in [4.78, 5) is 0.230. The lowest BCUT2D eigenvalue weighted by atomic mass is 10.1. The van der Waals surface area contributed by atoms with E-state index in [9.17, 15) is 8.42 Å². The summed E-state index contributed by atoms with van der Waals surface area (Å²) in [5.41, 5.74) is 6.26. The van der Waals surface area contributed by atoms with Gasteiger partial charge in [0.05, 0.1) is 15.6 Å². The first-order chi connectivity index (χ1) is 8.35. The van der Waals surface area contributed by atoms with Crippen molar-refractivity contribution >= 4 is 38.1 Å². The molecule has 2 rings (SSSR count). The number of sulfonamides is 1. The van der Waals surface area contributed by atoms with Crippen LogP contribution in [0.2, 0.25) is 5.02 Å². The SMILES string of the molecule is CN(C)S(=O)(=O)c1cccc2c(N)c(Cl)ccc12. The molecule has 96 valence electrons. The summed E-state index contributed by atoms with van der Waals surface area (Å²) in [7, 11) is -0.511. The van der Waals surface area contributed by atoms with E-state index in [1.54, 1.807) is 30.3 Å². The molecule has 0 spiro atoms. The predicted octanol–water partition coefficient (Wildman–Crippen LogP) is 2.33. The average molecular weight is 285 g/mol. The molecule has 0 aromatic heterocycles. The van der Waals surface area contributed by atoms with Crippen LogP contribution in [0.3, 0.4) is 0 Å². The van der Waals surface area contributed by atoms with Crippen molar-refractivity contribution in [2.45, 2.75) is 4.90 Å². The largest absolute Gasteiger partial charge is 0.397 e. The average Bonchev–Trinajstić information content (AvgIpc) is 2.33. The standard InChI is InChI=1S/C12H13ClN2O2S/c1-15(2)18(16,17)11-5-3-4-9-8(11)6-7-10(13)12(9)14/h3-7H,14H2,1-2H3. The zero-order valence-corrected chi connectivity index (χ0v) is 11.6. The third-order valence-corrected chi connectivity index (χ3v) is 4.97. The molecule has 18 heavy (non-hydrogen) atoms. The van der Waals surface area contributed by atoms with Crippen LogP contribution in [-0.4, -0.2) is 26.8 Å². The number of halogens is 1. The Kier molecular flexibility index (Phi) is 3.23. The van der Waals surface area contributed by atoms with Gasteiger partial charge in [-0.25, -0.2) is 12.7 Å². The number of benzene rings is 2. The third kappa shape index (κ3) is 1.94. The summed E-state index contributed by atoms with van der Waals surface area (Å²) in [5, 5.41) is 1.64. The fraction of sp³-hybridized carbons (Fsp3) is 0.167. The van der Waals surface area contributed by atoms with Gasteiger partial charge in [0.15, 0.2) is 0 Å². The van der Waals surface area contributed by atoms with E-state index in [0.29, 0.717) is 21.5 Å². The van der Waals surface area contributed by atoms with Crippen molar-refractivity contribution in [2.75, 3.05) is 19.8 Å². The first-order valence-electron chi connectivity index (χ1n) is 5.25. The van der Waals surface area contributed by atoms with Gasteiger partial charge in [-0.3, -0.25) is 0 Å². The van der Waals surface area contributed by atoms with Crippen molar-refractivity contribution in [1.82, 2.24) is 4.31 Å². The number of nitrogens with two attached hydrogens (primary N) is 1. The molecule has 0 atom stereocenters. The molecule has 0 saturated heterocycles. The van der Waals surface area contributed by atoms with E-state index in [-0.39, 0.29) is 4.90 Å². The van der Waals surface area contributed by atoms with E-state index in [1.165, 1.54) is 18.4 Å². The first kappa shape index (κ1) is 13.1. The van der Waals surface area contributed by atoms with Crippen molar-refractivity contribution in [3.05, 3.63) is 35.4 Å². The maximum absolute atomic E-state index is 12.2. The number of rotatable bonds is 2. The van der Waals surface area contributed by atoms with Crippen molar-refractivity contribution < 1.29 is 8.42 Å². The molecular weight excluding hydrogens is 272 g/mol. The van der Waals surface area contributed by atoms with Crippen LogP contribution in [0.1, 0.15) is 0 Å². The van der Waals surface area contributed by atoms with Gasteiger partial charge in [0, 0.05) is 24.9 Å². The van der Waals surface area contributed by atoms with E-state index >= 15 is 0 Å². The van der Waals surface area contributed by atoms with Gasteiger partial charge in [-0.2, -0.15) is 0 Å². The Bertz CT molecular complexity index is 711. The Hall–Kier alpha value is -1.30. The summed E-state index contributed by atoms with van der Waals surface area (Å²) in [6, 6.07) is 8.25. The summed E-state index contributed by atoms with van der Waals surface area (Å²) in [6.45, 7) is 0. The maximum atomic E-state index is 12.2. The molecule has 2 aromatic carbocycles. The molecule has 0 fully saturated rings. The third-order valence-electron chi connectivity index (χ3n) is 2.77. The van der Waals surface area contributed by atoms with E-state index in [1.807, 2.05) is 0 Å². The van der Waals surface area contributed by atoms with Crippen LogP contribution in [0.25, 0.3) is 10.8 Å². The molecule has 0 amide bonds. The predicted molar refractivity (Wildman–Crippen MR) is 74.2 cm³/mol. The molecule has 0 bridgehead atoms. The highest BCUT2D eigenvalue weighted by Crippen LogP contribution is 2.32. The lowest BCUT2D eigenvalue weighted by molar-refractivity contribution is 0.521. The molecular formula is C12H13ClN2O2S. The minimum atomic E-state index is -3.50. The van der Waals surface area contributed by atoms with Crippen LogP contribution >= 0.6 is 11.6 Å². The van der Waals surface area contributed by atoms with Crippen LogP contribution < -0.4 is 5.73 Å². The topological polar surface area (TPSA) is 63.4 Å². The summed E-state index contributed by atoms with van der Waals surface area (Å²) in [6.07, 6.45) is 0. The second kappa shape index (κ2) is 4.42. The molecule has 4 nitrogen and oxygen atoms in total. The van der Waals surface area contributed by atoms with Crippen LogP contribution in [0.4, 0.5) is 5.69 Å². The number of hydrogen-bond acceptors (Lipinski definition) is 3. The maximum Gasteiger partial charge on any atom is 0.243 e. The quantitative estimate of drug-likeness (QED) is 0.861. The van der Waals surface area contributed by atoms with Crippen LogP contribution in [0, 0.1) is 0 Å². The summed E-state index contributed by atoms with van der Waals surface area (Å²) < 4.78 is 25.6. The zero-order chi connectivity index (χ0) is 13.5. The van der Waals surface area contributed by atoms with E-state index < -0.39 is 10.0 Å². The summed E-state index contributed by atoms with van der Waals surface area (Å²) in [5.74, 6) is 0.